The highest BCUT2D eigenvalue weighted by Crippen LogP contribution is 2.17. The number of nitrogens with zero attached hydrogens (tertiary/aromatic N) is 1. The lowest BCUT2D eigenvalue weighted by atomic mass is 9.96. The number of piperazine rings is 1. The summed E-state index contributed by atoms with van der Waals surface area (Å²) >= 11 is 0. The van der Waals surface area contributed by atoms with Crippen LogP contribution in [0.25, 0.3) is 0 Å². The molecule has 0 bridgehead atoms. The number of hydrogen-bond acceptors (Lipinski definition) is 2. The van der Waals surface area contributed by atoms with E-state index in [0.717, 1.165) is 19.0 Å². The first-order valence-electron chi connectivity index (χ1n) is 6.66. The third-order valence-corrected chi connectivity index (χ3v) is 3.42. The minimum absolute atomic E-state index is 0.671. The lowest BCUT2D eigenvalue weighted by Gasteiger charge is -2.42. The molecule has 1 heterocycles. The lowest BCUT2D eigenvalue weighted by Crippen LogP contribution is -2.58. The fourth-order valence-electron chi connectivity index (χ4n) is 2.63. The maximum absolute atomic E-state index is 4.05. The Kier molecular flexibility index (Phi) is 5.50. The van der Waals surface area contributed by atoms with Gasteiger partial charge < -0.3 is 5.32 Å². The van der Waals surface area contributed by atoms with Crippen LogP contribution >= 0.6 is 0 Å². The van der Waals surface area contributed by atoms with Gasteiger partial charge in [-0.15, -0.1) is 0 Å². The monoisotopic (exact) mass is 224 g/mol. The van der Waals surface area contributed by atoms with Gasteiger partial charge >= 0.3 is 0 Å². The number of hydrogen-bond donors (Lipinski definition) is 1. The van der Waals surface area contributed by atoms with Gasteiger partial charge in [-0.1, -0.05) is 39.3 Å². The van der Waals surface area contributed by atoms with Gasteiger partial charge in [-0.2, -0.15) is 0 Å². The largest absolute Gasteiger partial charge is 0.311 e. The molecule has 2 atom stereocenters. The molecule has 2 unspecified atom stereocenters. The Morgan fingerprint density at radius 1 is 1.50 bits per heavy atom. The van der Waals surface area contributed by atoms with Crippen LogP contribution in [0.2, 0.25) is 0 Å². The van der Waals surface area contributed by atoms with Gasteiger partial charge in [0.1, 0.15) is 0 Å². The molecule has 0 radical (unpaired) electrons. The molecule has 1 aliphatic rings. The van der Waals surface area contributed by atoms with Crippen molar-refractivity contribution in [3.63, 3.8) is 0 Å². The summed E-state index contributed by atoms with van der Waals surface area (Å²) in [6, 6.07) is 1.35. The van der Waals surface area contributed by atoms with Gasteiger partial charge in [-0.25, -0.2) is 0 Å². The van der Waals surface area contributed by atoms with E-state index in [2.05, 4.69) is 44.5 Å². The summed E-state index contributed by atoms with van der Waals surface area (Å²) in [7, 11) is 0. The normalized spacial score (nSPS) is 27.3. The minimum atomic E-state index is 0.671. The second-order valence-electron chi connectivity index (χ2n) is 5.59. The molecule has 0 aliphatic carbocycles. The SMILES string of the molecule is C=C(C)CN1CC(CCC)NCC1C(C)C. The summed E-state index contributed by atoms with van der Waals surface area (Å²) in [6.07, 6.45) is 2.56. The van der Waals surface area contributed by atoms with Crippen LogP contribution in [0, 0.1) is 5.92 Å². The van der Waals surface area contributed by atoms with Crippen LogP contribution in [0.4, 0.5) is 0 Å². The highest BCUT2D eigenvalue weighted by molar-refractivity contribution is 4.97. The predicted octanol–water partition coefficient (Wildman–Crippen LogP) is 2.66. The van der Waals surface area contributed by atoms with E-state index in [1.165, 1.54) is 25.0 Å². The number of nitrogens with one attached hydrogen (secondary N) is 1. The number of rotatable bonds is 5. The van der Waals surface area contributed by atoms with E-state index in [-0.39, 0.29) is 0 Å². The maximum Gasteiger partial charge on any atom is 0.0247 e. The Bertz CT molecular complexity index is 223. The second kappa shape index (κ2) is 6.41. The molecule has 0 amide bonds. The van der Waals surface area contributed by atoms with E-state index in [4.69, 9.17) is 0 Å². The van der Waals surface area contributed by atoms with Crippen molar-refractivity contribution in [2.75, 3.05) is 19.6 Å². The molecule has 0 aromatic carbocycles. The summed E-state index contributed by atoms with van der Waals surface area (Å²) < 4.78 is 0. The Balaban J connectivity index is 2.57. The molecule has 16 heavy (non-hydrogen) atoms. The Labute approximate surface area is 101 Å². The van der Waals surface area contributed by atoms with Gasteiger partial charge in [0, 0.05) is 31.7 Å². The fraction of sp³-hybridized carbons (Fsp3) is 0.857. The first-order chi connectivity index (χ1) is 7.54. The fourth-order valence-corrected chi connectivity index (χ4v) is 2.63. The van der Waals surface area contributed by atoms with Crippen LogP contribution in [0.1, 0.15) is 40.5 Å². The van der Waals surface area contributed by atoms with Gasteiger partial charge in [-0.3, -0.25) is 4.90 Å². The highest BCUT2D eigenvalue weighted by Gasteiger charge is 2.28. The van der Waals surface area contributed by atoms with Gasteiger partial charge in [0.2, 0.25) is 0 Å². The molecule has 2 nitrogen and oxygen atoms in total. The van der Waals surface area contributed by atoms with E-state index >= 15 is 0 Å². The molecule has 1 rings (SSSR count). The smallest absolute Gasteiger partial charge is 0.0247 e. The molecule has 1 fully saturated rings. The summed E-state index contributed by atoms with van der Waals surface area (Å²) in [5.41, 5.74) is 1.28. The van der Waals surface area contributed by atoms with Crippen LogP contribution in [-0.4, -0.2) is 36.6 Å². The molecule has 0 saturated carbocycles. The topological polar surface area (TPSA) is 15.3 Å². The summed E-state index contributed by atoms with van der Waals surface area (Å²) in [5.74, 6) is 0.717. The maximum atomic E-state index is 4.05. The molecule has 1 saturated heterocycles. The second-order valence-corrected chi connectivity index (χ2v) is 5.59. The van der Waals surface area contributed by atoms with Crippen molar-refractivity contribution in [1.29, 1.82) is 0 Å². The van der Waals surface area contributed by atoms with Crippen molar-refractivity contribution in [3.05, 3.63) is 12.2 Å². The van der Waals surface area contributed by atoms with Crippen molar-refractivity contribution in [3.8, 4) is 0 Å². The van der Waals surface area contributed by atoms with E-state index in [0.29, 0.717) is 12.1 Å². The van der Waals surface area contributed by atoms with Gasteiger partial charge in [0.25, 0.3) is 0 Å². The first kappa shape index (κ1) is 13.7. The molecular weight excluding hydrogens is 196 g/mol. The standard InChI is InChI=1S/C14H28N2/c1-6-7-13-10-16(9-11(2)3)14(8-15-13)12(4)5/h12-15H,2,6-10H2,1,3-5H3. The van der Waals surface area contributed by atoms with Crippen LogP contribution in [0.5, 0.6) is 0 Å². The molecule has 0 spiro atoms. The Morgan fingerprint density at radius 3 is 2.69 bits per heavy atom. The van der Waals surface area contributed by atoms with E-state index < -0.39 is 0 Å². The zero-order valence-corrected chi connectivity index (χ0v) is 11.4. The molecule has 1 aliphatic heterocycles. The van der Waals surface area contributed by atoms with Crippen molar-refractivity contribution >= 4 is 0 Å². The van der Waals surface area contributed by atoms with E-state index in [9.17, 15) is 0 Å². The van der Waals surface area contributed by atoms with Crippen LogP contribution < -0.4 is 5.32 Å². The highest BCUT2D eigenvalue weighted by atomic mass is 15.2. The van der Waals surface area contributed by atoms with Crippen molar-refractivity contribution in [2.45, 2.75) is 52.6 Å². The molecule has 94 valence electrons. The van der Waals surface area contributed by atoms with E-state index in [1.54, 1.807) is 0 Å². The quantitative estimate of drug-likeness (QED) is 0.722. The average Bonchev–Trinajstić information content (AvgIpc) is 2.16. The van der Waals surface area contributed by atoms with Gasteiger partial charge in [-0.05, 0) is 19.3 Å². The summed E-state index contributed by atoms with van der Waals surface area (Å²) in [4.78, 5) is 2.61. The van der Waals surface area contributed by atoms with Crippen molar-refractivity contribution in [1.82, 2.24) is 10.2 Å². The summed E-state index contributed by atoms with van der Waals surface area (Å²) in [5, 5.41) is 3.68. The van der Waals surface area contributed by atoms with Crippen LogP contribution in [0.15, 0.2) is 12.2 Å². The first-order valence-corrected chi connectivity index (χ1v) is 6.66. The Morgan fingerprint density at radius 2 is 2.19 bits per heavy atom. The summed E-state index contributed by atoms with van der Waals surface area (Å²) in [6.45, 7) is 16.5. The van der Waals surface area contributed by atoms with Crippen molar-refractivity contribution in [2.24, 2.45) is 5.92 Å². The molecule has 2 heteroatoms. The zero-order valence-electron chi connectivity index (χ0n) is 11.4. The molecule has 0 aromatic heterocycles. The van der Waals surface area contributed by atoms with Crippen LogP contribution in [0.3, 0.4) is 0 Å². The van der Waals surface area contributed by atoms with Gasteiger partial charge in [0.05, 0.1) is 0 Å². The lowest BCUT2D eigenvalue weighted by molar-refractivity contribution is 0.106. The molecule has 0 aromatic rings. The van der Waals surface area contributed by atoms with Gasteiger partial charge in [0.15, 0.2) is 0 Å². The molecule has 1 N–H and O–H groups in total. The average molecular weight is 224 g/mol. The third kappa shape index (κ3) is 3.91. The minimum Gasteiger partial charge on any atom is -0.311 e. The zero-order chi connectivity index (χ0) is 12.1. The Hall–Kier alpha value is -0.340. The third-order valence-electron chi connectivity index (χ3n) is 3.42. The van der Waals surface area contributed by atoms with Crippen LogP contribution in [-0.2, 0) is 0 Å². The van der Waals surface area contributed by atoms with Crippen molar-refractivity contribution < 1.29 is 0 Å². The van der Waals surface area contributed by atoms with E-state index in [1.807, 2.05) is 0 Å². The predicted molar refractivity (Wildman–Crippen MR) is 71.7 cm³/mol. The molecular formula is C14H28N2.